The average molecular weight is 352 g/mol. The van der Waals surface area contributed by atoms with Crippen LogP contribution in [0.2, 0.25) is 0 Å². The lowest BCUT2D eigenvalue weighted by molar-refractivity contribution is 0.0921. The summed E-state index contributed by atoms with van der Waals surface area (Å²) in [6.07, 6.45) is 3.45. The molecule has 0 aromatic carbocycles. The fraction of sp³-hybridized carbons (Fsp3) is 0.467. The number of hydrogen-bond acceptors (Lipinski definition) is 5. The highest BCUT2D eigenvalue weighted by Gasteiger charge is 2.34. The summed E-state index contributed by atoms with van der Waals surface area (Å²) in [5.41, 5.74) is 0.972. The Hall–Kier alpha value is -1.97. The number of aromatic nitrogens is 2. The van der Waals surface area contributed by atoms with E-state index in [4.69, 9.17) is 4.74 Å². The molecule has 0 bridgehead atoms. The fourth-order valence-electron chi connectivity index (χ4n) is 2.63. The van der Waals surface area contributed by atoms with Crippen LogP contribution in [0, 0.1) is 5.92 Å². The molecule has 1 aliphatic rings. The summed E-state index contributed by atoms with van der Waals surface area (Å²) in [6.45, 7) is 0.607. The molecule has 3 heterocycles. The zero-order valence-corrected chi connectivity index (χ0v) is 14.4. The van der Waals surface area contributed by atoms with Gasteiger partial charge in [-0.2, -0.15) is 0 Å². The number of amides is 1. The fourth-order valence-corrected chi connectivity index (χ4v) is 3.80. The van der Waals surface area contributed by atoms with Crippen molar-refractivity contribution in [3.8, 4) is 0 Å². The van der Waals surface area contributed by atoms with Crippen LogP contribution in [-0.2, 0) is 14.8 Å². The number of rotatable bonds is 5. The van der Waals surface area contributed by atoms with Crippen LogP contribution in [0.5, 0.6) is 0 Å². The van der Waals surface area contributed by atoms with Crippen molar-refractivity contribution in [2.75, 3.05) is 33.1 Å². The van der Waals surface area contributed by atoms with Crippen LogP contribution in [-0.4, -0.2) is 67.1 Å². The lowest BCUT2D eigenvalue weighted by atomic mass is 10.1. The second-order valence-electron chi connectivity index (χ2n) is 6.03. The first-order valence-electron chi connectivity index (χ1n) is 7.59. The zero-order chi connectivity index (χ0) is 17.3. The third-order valence-electron chi connectivity index (χ3n) is 4.09. The molecule has 0 saturated carbocycles. The van der Waals surface area contributed by atoms with Gasteiger partial charge in [-0.3, -0.25) is 4.79 Å². The molecular formula is C15H20N4O4S. The third-order valence-corrected chi connectivity index (χ3v) is 6.05. The molecule has 0 spiro atoms. The molecule has 1 amide bonds. The summed E-state index contributed by atoms with van der Waals surface area (Å²) in [6, 6.07) is 5.15. The van der Waals surface area contributed by atoms with Crippen LogP contribution < -0.4 is 5.32 Å². The molecule has 24 heavy (non-hydrogen) atoms. The molecule has 2 aromatic heterocycles. The Labute approximate surface area is 140 Å². The number of nitrogens with zero attached hydrogens (tertiary/aromatic N) is 3. The summed E-state index contributed by atoms with van der Waals surface area (Å²) >= 11 is 0. The van der Waals surface area contributed by atoms with E-state index in [0.29, 0.717) is 24.6 Å². The van der Waals surface area contributed by atoms with Gasteiger partial charge in [-0.1, -0.05) is 6.07 Å². The van der Waals surface area contributed by atoms with E-state index in [2.05, 4.69) is 10.3 Å². The van der Waals surface area contributed by atoms with E-state index >= 15 is 0 Å². The molecule has 1 saturated heterocycles. The predicted molar refractivity (Wildman–Crippen MR) is 88.2 cm³/mol. The number of sulfonamides is 1. The normalized spacial score (nSPS) is 21.5. The van der Waals surface area contributed by atoms with Gasteiger partial charge >= 0.3 is 0 Å². The number of carbonyl (C=O) groups is 1. The monoisotopic (exact) mass is 352 g/mol. The first kappa shape index (κ1) is 16.9. The molecule has 1 aliphatic heterocycles. The summed E-state index contributed by atoms with van der Waals surface area (Å²) in [4.78, 5) is 16.7. The van der Waals surface area contributed by atoms with Crippen LogP contribution in [0.25, 0.3) is 5.65 Å². The molecule has 2 aromatic rings. The van der Waals surface area contributed by atoms with Gasteiger partial charge in [0.15, 0.2) is 0 Å². The molecular weight excluding hydrogens is 332 g/mol. The Balaban J connectivity index is 1.71. The Morgan fingerprint density at radius 1 is 1.42 bits per heavy atom. The molecule has 0 aliphatic carbocycles. The second-order valence-corrected chi connectivity index (χ2v) is 8.26. The summed E-state index contributed by atoms with van der Waals surface area (Å²) in [5, 5.41) is 2.84. The zero-order valence-electron chi connectivity index (χ0n) is 13.5. The van der Waals surface area contributed by atoms with Gasteiger partial charge in [-0.25, -0.2) is 17.7 Å². The highest BCUT2D eigenvalue weighted by Crippen LogP contribution is 2.18. The number of nitrogens with one attached hydrogen (secondary N) is 1. The maximum absolute atomic E-state index is 12.4. The maximum Gasteiger partial charge on any atom is 0.271 e. The Morgan fingerprint density at radius 3 is 2.92 bits per heavy atom. The van der Waals surface area contributed by atoms with Crippen molar-refractivity contribution in [3.63, 3.8) is 0 Å². The molecule has 1 N–H and O–H groups in total. The Morgan fingerprint density at radius 2 is 2.21 bits per heavy atom. The van der Waals surface area contributed by atoms with E-state index in [1.165, 1.54) is 18.4 Å². The lowest BCUT2D eigenvalue weighted by Crippen LogP contribution is -2.43. The Kier molecular flexibility index (Phi) is 4.57. The standard InChI is InChI=1S/C15H20N4O4S/c1-18(2)24(21,22)10-11-8-23-9-13(11)17-15(20)12-7-19-6-4-3-5-14(19)16-12/h3-7,11,13H,8-10H2,1-2H3,(H,17,20)/t11-,13+/m0/s1. The average Bonchev–Trinajstić information content (AvgIpc) is 3.13. The minimum absolute atomic E-state index is 0.0594. The van der Waals surface area contributed by atoms with Gasteiger partial charge < -0.3 is 14.5 Å². The van der Waals surface area contributed by atoms with Gasteiger partial charge in [0.2, 0.25) is 10.0 Å². The molecule has 0 radical (unpaired) electrons. The Bertz CT molecular complexity index is 813. The number of hydrogen-bond donors (Lipinski definition) is 1. The van der Waals surface area contributed by atoms with E-state index in [0.717, 1.165) is 0 Å². The number of carbonyl (C=O) groups excluding carboxylic acids is 1. The minimum Gasteiger partial charge on any atom is -0.379 e. The van der Waals surface area contributed by atoms with E-state index in [-0.39, 0.29) is 23.6 Å². The van der Waals surface area contributed by atoms with Crippen molar-refractivity contribution in [1.82, 2.24) is 19.0 Å². The first-order chi connectivity index (χ1) is 11.4. The van der Waals surface area contributed by atoms with Crippen molar-refractivity contribution in [3.05, 3.63) is 36.3 Å². The van der Waals surface area contributed by atoms with Gasteiger partial charge in [0.25, 0.3) is 5.91 Å². The molecule has 8 nitrogen and oxygen atoms in total. The SMILES string of the molecule is CN(C)S(=O)(=O)C[C@@H]1COC[C@H]1NC(=O)c1cn2ccccc2n1. The van der Waals surface area contributed by atoms with Crippen molar-refractivity contribution in [1.29, 1.82) is 0 Å². The summed E-state index contributed by atoms with van der Waals surface area (Å²) in [5.74, 6) is -0.671. The van der Waals surface area contributed by atoms with Crippen LogP contribution in [0.4, 0.5) is 0 Å². The van der Waals surface area contributed by atoms with Crippen LogP contribution in [0.1, 0.15) is 10.5 Å². The molecule has 1 fully saturated rings. The number of pyridine rings is 1. The van der Waals surface area contributed by atoms with E-state index in [1.807, 2.05) is 24.4 Å². The number of imidazole rings is 1. The van der Waals surface area contributed by atoms with Crippen molar-refractivity contribution in [2.45, 2.75) is 6.04 Å². The predicted octanol–water partition coefficient (Wildman–Crippen LogP) is -0.0295. The molecule has 130 valence electrons. The number of ether oxygens (including phenoxy) is 1. The minimum atomic E-state index is -3.35. The van der Waals surface area contributed by atoms with Gasteiger partial charge in [0.05, 0.1) is 25.0 Å². The molecule has 0 unspecified atom stereocenters. The van der Waals surface area contributed by atoms with E-state index in [1.54, 1.807) is 10.6 Å². The number of fused-ring (bicyclic) bond motifs is 1. The third kappa shape index (κ3) is 3.42. The van der Waals surface area contributed by atoms with Crippen LogP contribution in [0.3, 0.4) is 0 Å². The lowest BCUT2D eigenvalue weighted by Gasteiger charge is -2.20. The van der Waals surface area contributed by atoms with Crippen molar-refractivity contribution in [2.24, 2.45) is 5.92 Å². The highest BCUT2D eigenvalue weighted by atomic mass is 32.2. The summed E-state index contributed by atoms with van der Waals surface area (Å²) < 4.78 is 32.4. The van der Waals surface area contributed by atoms with Gasteiger partial charge in [0.1, 0.15) is 11.3 Å². The van der Waals surface area contributed by atoms with Gasteiger partial charge in [-0.15, -0.1) is 0 Å². The molecule has 9 heteroatoms. The quantitative estimate of drug-likeness (QED) is 0.816. The molecule has 2 atom stereocenters. The first-order valence-corrected chi connectivity index (χ1v) is 9.20. The topological polar surface area (TPSA) is 93.0 Å². The smallest absolute Gasteiger partial charge is 0.271 e. The van der Waals surface area contributed by atoms with E-state index < -0.39 is 10.0 Å². The summed E-state index contributed by atoms with van der Waals surface area (Å²) in [7, 11) is -0.362. The van der Waals surface area contributed by atoms with E-state index in [9.17, 15) is 13.2 Å². The van der Waals surface area contributed by atoms with Gasteiger partial charge in [0, 0.05) is 32.4 Å². The van der Waals surface area contributed by atoms with Crippen LogP contribution >= 0.6 is 0 Å². The van der Waals surface area contributed by atoms with Gasteiger partial charge in [-0.05, 0) is 12.1 Å². The highest BCUT2D eigenvalue weighted by molar-refractivity contribution is 7.89. The van der Waals surface area contributed by atoms with Crippen molar-refractivity contribution >= 4 is 21.6 Å². The van der Waals surface area contributed by atoms with Crippen molar-refractivity contribution < 1.29 is 17.9 Å². The largest absolute Gasteiger partial charge is 0.379 e. The second kappa shape index (κ2) is 6.50. The van der Waals surface area contributed by atoms with Crippen LogP contribution in [0.15, 0.2) is 30.6 Å². The molecule has 3 rings (SSSR count). The maximum atomic E-state index is 12.4.